The average molecular weight is 165 g/mol. The Kier molecular flexibility index (Phi) is 2.58. The maximum absolute atomic E-state index is 13.2. The summed E-state index contributed by atoms with van der Waals surface area (Å²) in [6.07, 6.45) is 0. The molecule has 0 aliphatic carbocycles. The molecule has 0 fully saturated rings. The third-order valence-corrected chi connectivity index (χ3v) is 1.68. The number of hydrogen-bond acceptors (Lipinski definition) is 3. The summed E-state index contributed by atoms with van der Waals surface area (Å²) >= 11 is 0. The average Bonchev–Trinajstić information content (AvgIpc) is 1.83. The first-order chi connectivity index (χ1) is 4.73. The van der Waals surface area contributed by atoms with Gasteiger partial charge in [-0.15, -0.1) is 0 Å². The fourth-order valence-electron chi connectivity index (χ4n) is 0.383. The van der Waals surface area contributed by atoms with Crippen molar-refractivity contribution in [2.75, 3.05) is 0 Å². The quantitative estimate of drug-likeness (QED) is 0.398. The number of hydroxylamine groups is 1. The highest BCUT2D eigenvalue weighted by molar-refractivity contribution is 5.84. The number of alkyl halides is 1. The lowest BCUT2D eigenvalue weighted by Crippen LogP contribution is -2.54. The molecule has 0 heterocycles. The van der Waals surface area contributed by atoms with Gasteiger partial charge in [-0.1, -0.05) is 0 Å². The molecule has 1 amide bonds. The molecule has 0 aromatic rings. The van der Waals surface area contributed by atoms with Gasteiger partial charge in [0, 0.05) is 0 Å². The van der Waals surface area contributed by atoms with Crippen molar-refractivity contribution < 1.29 is 19.5 Å². The molecule has 0 aliphatic heterocycles. The van der Waals surface area contributed by atoms with Crippen LogP contribution in [0.1, 0.15) is 20.8 Å². The van der Waals surface area contributed by atoms with Crippen molar-refractivity contribution in [3.05, 3.63) is 0 Å². The summed E-state index contributed by atoms with van der Waals surface area (Å²) in [6.45, 7) is 3.17. The molecular weight excluding hydrogens is 153 g/mol. The fraction of sp³-hybridized carbons (Fsp3) is 0.833. The van der Waals surface area contributed by atoms with Crippen molar-refractivity contribution >= 4 is 5.91 Å². The zero-order valence-electron chi connectivity index (χ0n) is 6.68. The Labute approximate surface area is 64.0 Å². The summed E-state index contributed by atoms with van der Waals surface area (Å²) in [4.78, 5) is 10.6. The van der Waals surface area contributed by atoms with Gasteiger partial charge in [-0.25, -0.2) is 9.87 Å². The van der Waals surface area contributed by atoms with Crippen LogP contribution in [0, 0.1) is 0 Å². The lowest BCUT2D eigenvalue weighted by atomic mass is 9.89. The molecule has 1 atom stereocenters. The monoisotopic (exact) mass is 165 g/mol. The molecule has 0 bridgehead atoms. The van der Waals surface area contributed by atoms with Crippen molar-refractivity contribution in [2.24, 2.45) is 0 Å². The molecule has 5 heteroatoms. The molecule has 66 valence electrons. The Hall–Kier alpha value is -0.680. The third kappa shape index (κ3) is 1.87. The van der Waals surface area contributed by atoms with Gasteiger partial charge in [-0.2, -0.15) is 0 Å². The van der Waals surface area contributed by atoms with Crippen molar-refractivity contribution in [1.82, 2.24) is 5.48 Å². The van der Waals surface area contributed by atoms with Gasteiger partial charge in [0.15, 0.2) is 0 Å². The first-order valence-electron chi connectivity index (χ1n) is 3.09. The van der Waals surface area contributed by atoms with Gasteiger partial charge in [0.1, 0.15) is 5.60 Å². The summed E-state index contributed by atoms with van der Waals surface area (Å²) in [7, 11) is 0. The van der Waals surface area contributed by atoms with Gasteiger partial charge in [0.05, 0.1) is 0 Å². The van der Waals surface area contributed by atoms with Crippen LogP contribution in [-0.4, -0.2) is 27.5 Å². The number of amides is 1. The number of rotatable bonds is 2. The van der Waals surface area contributed by atoms with Gasteiger partial charge in [-0.3, -0.25) is 10.0 Å². The van der Waals surface area contributed by atoms with E-state index in [0.717, 1.165) is 26.3 Å². The molecule has 0 saturated heterocycles. The molecule has 11 heavy (non-hydrogen) atoms. The van der Waals surface area contributed by atoms with Gasteiger partial charge in [-0.05, 0) is 20.8 Å². The Morgan fingerprint density at radius 1 is 1.45 bits per heavy atom. The van der Waals surface area contributed by atoms with Gasteiger partial charge < -0.3 is 5.11 Å². The molecule has 4 nitrogen and oxygen atoms in total. The summed E-state index contributed by atoms with van der Waals surface area (Å²) < 4.78 is 13.2. The van der Waals surface area contributed by atoms with E-state index in [0.29, 0.717) is 0 Å². The van der Waals surface area contributed by atoms with Crippen molar-refractivity contribution in [2.45, 2.75) is 32.0 Å². The zero-order valence-corrected chi connectivity index (χ0v) is 6.68. The number of halogens is 1. The SMILES string of the molecule is CC(C)(O)C(C)(F)C(=O)NO. The summed E-state index contributed by atoms with van der Waals surface area (Å²) in [6, 6.07) is 0. The number of carbonyl (C=O) groups is 1. The van der Waals surface area contributed by atoms with E-state index in [2.05, 4.69) is 0 Å². The van der Waals surface area contributed by atoms with Gasteiger partial charge >= 0.3 is 0 Å². The van der Waals surface area contributed by atoms with Crippen LogP contribution < -0.4 is 5.48 Å². The highest BCUT2D eigenvalue weighted by Gasteiger charge is 2.46. The van der Waals surface area contributed by atoms with Gasteiger partial charge in [0.25, 0.3) is 5.91 Å². The number of nitrogens with one attached hydrogen (secondary N) is 1. The molecule has 1 unspecified atom stereocenters. The Morgan fingerprint density at radius 2 is 1.82 bits per heavy atom. The van der Waals surface area contributed by atoms with Crippen molar-refractivity contribution in [1.29, 1.82) is 0 Å². The maximum atomic E-state index is 13.2. The van der Waals surface area contributed by atoms with Crippen LogP contribution in [0.2, 0.25) is 0 Å². The minimum Gasteiger partial charge on any atom is -0.387 e. The van der Waals surface area contributed by atoms with Crippen LogP contribution in [0.4, 0.5) is 4.39 Å². The maximum Gasteiger partial charge on any atom is 0.283 e. The molecule has 0 aromatic carbocycles. The molecular formula is C6H12FNO3. The molecule has 0 spiro atoms. The molecule has 3 N–H and O–H groups in total. The molecule has 0 aromatic heterocycles. The molecule has 0 saturated carbocycles. The largest absolute Gasteiger partial charge is 0.387 e. The van der Waals surface area contributed by atoms with E-state index >= 15 is 0 Å². The van der Waals surface area contributed by atoms with Crippen molar-refractivity contribution in [3.63, 3.8) is 0 Å². The van der Waals surface area contributed by atoms with Gasteiger partial charge in [0.2, 0.25) is 5.67 Å². The van der Waals surface area contributed by atoms with E-state index in [4.69, 9.17) is 10.3 Å². The van der Waals surface area contributed by atoms with E-state index in [-0.39, 0.29) is 0 Å². The zero-order chi connectivity index (χ0) is 9.28. The summed E-state index contributed by atoms with van der Waals surface area (Å²) in [5.74, 6) is -1.26. The lowest BCUT2D eigenvalue weighted by Gasteiger charge is -2.30. The number of carbonyl (C=O) groups excluding carboxylic acids is 1. The highest BCUT2D eigenvalue weighted by atomic mass is 19.1. The lowest BCUT2D eigenvalue weighted by molar-refractivity contribution is -0.156. The smallest absolute Gasteiger partial charge is 0.283 e. The standard InChI is InChI=1S/C6H12FNO3/c1-5(2,10)6(3,7)4(9)8-11/h10-11H,1-3H3,(H,8,9). The van der Waals surface area contributed by atoms with E-state index in [1.165, 1.54) is 0 Å². The van der Waals surface area contributed by atoms with E-state index in [9.17, 15) is 9.18 Å². The molecule has 0 rings (SSSR count). The second-order valence-electron chi connectivity index (χ2n) is 3.00. The van der Waals surface area contributed by atoms with E-state index < -0.39 is 17.2 Å². The number of hydrogen-bond donors (Lipinski definition) is 3. The predicted molar refractivity (Wildman–Crippen MR) is 35.7 cm³/mol. The Balaban J connectivity index is 4.59. The topological polar surface area (TPSA) is 69.6 Å². The first-order valence-corrected chi connectivity index (χ1v) is 3.09. The Bertz CT molecular complexity index is 162. The highest BCUT2D eigenvalue weighted by Crippen LogP contribution is 2.25. The minimum atomic E-state index is -2.50. The van der Waals surface area contributed by atoms with E-state index in [1.807, 2.05) is 0 Å². The second kappa shape index (κ2) is 2.75. The van der Waals surface area contributed by atoms with Crippen LogP contribution in [0.15, 0.2) is 0 Å². The molecule has 0 radical (unpaired) electrons. The fourth-order valence-corrected chi connectivity index (χ4v) is 0.383. The first kappa shape index (κ1) is 10.3. The van der Waals surface area contributed by atoms with Crippen molar-refractivity contribution in [3.8, 4) is 0 Å². The van der Waals surface area contributed by atoms with Crippen LogP contribution >= 0.6 is 0 Å². The van der Waals surface area contributed by atoms with Crippen LogP contribution in [0.5, 0.6) is 0 Å². The van der Waals surface area contributed by atoms with E-state index in [1.54, 1.807) is 0 Å². The summed E-state index contributed by atoms with van der Waals surface area (Å²) in [5, 5.41) is 17.2. The van der Waals surface area contributed by atoms with Crippen LogP contribution in [0.25, 0.3) is 0 Å². The van der Waals surface area contributed by atoms with Crippen LogP contribution in [0.3, 0.4) is 0 Å². The molecule has 0 aliphatic rings. The third-order valence-electron chi connectivity index (χ3n) is 1.68. The normalized spacial score (nSPS) is 17.3. The number of aliphatic hydroxyl groups is 1. The second-order valence-corrected chi connectivity index (χ2v) is 3.00. The minimum absolute atomic E-state index is 0.887. The summed E-state index contributed by atoms with van der Waals surface area (Å²) in [5.41, 5.74) is -3.18. The predicted octanol–water partition coefficient (Wildman–Crippen LogP) is -0.00910. The Morgan fingerprint density at radius 3 is 1.91 bits per heavy atom. The van der Waals surface area contributed by atoms with Crippen LogP contribution in [-0.2, 0) is 4.79 Å².